The highest BCUT2D eigenvalue weighted by Gasteiger charge is 2.22. The van der Waals surface area contributed by atoms with Crippen molar-refractivity contribution < 1.29 is 14.0 Å². The highest BCUT2D eigenvalue weighted by molar-refractivity contribution is 6.10. The summed E-state index contributed by atoms with van der Waals surface area (Å²) in [5.74, 6) is -0.179. The van der Waals surface area contributed by atoms with E-state index in [0.29, 0.717) is 22.5 Å². The van der Waals surface area contributed by atoms with E-state index in [2.05, 4.69) is 5.32 Å². The summed E-state index contributed by atoms with van der Waals surface area (Å²) in [6, 6.07) is 23.2. The Morgan fingerprint density at radius 1 is 0.867 bits per heavy atom. The summed E-state index contributed by atoms with van der Waals surface area (Å²) in [5.41, 5.74) is 4.86. The van der Waals surface area contributed by atoms with Crippen LogP contribution in [0.3, 0.4) is 0 Å². The Balaban J connectivity index is 1.62. The average molecular weight is 398 g/mol. The lowest BCUT2D eigenvalue weighted by molar-refractivity contribution is -0.116. The lowest BCUT2D eigenvalue weighted by Gasteiger charge is -2.16. The first-order chi connectivity index (χ1) is 14.5. The molecular weight excluding hydrogens is 376 g/mol. The molecule has 0 aliphatic rings. The maximum Gasteiger partial charge on any atom is 0.291 e. The average Bonchev–Trinajstić information content (AvgIpc) is 3.11. The van der Waals surface area contributed by atoms with Gasteiger partial charge in [-0.05, 0) is 42.3 Å². The van der Waals surface area contributed by atoms with Gasteiger partial charge in [0.05, 0.1) is 5.69 Å². The Bertz CT molecular complexity index is 1220. The molecule has 1 aromatic heterocycles. The number of hydrogen-bond donors (Lipinski definition) is 1. The molecule has 0 radical (unpaired) electrons. The van der Waals surface area contributed by atoms with Gasteiger partial charge in [0, 0.05) is 30.6 Å². The summed E-state index contributed by atoms with van der Waals surface area (Å²) < 4.78 is 5.85. The van der Waals surface area contributed by atoms with Gasteiger partial charge in [0.2, 0.25) is 5.91 Å². The molecule has 30 heavy (non-hydrogen) atoms. The van der Waals surface area contributed by atoms with Crippen LogP contribution in [-0.2, 0) is 4.79 Å². The molecule has 3 aromatic carbocycles. The molecule has 150 valence electrons. The van der Waals surface area contributed by atoms with Crippen molar-refractivity contribution in [2.45, 2.75) is 13.8 Å². The van der Waals surface area contributed by atoms with Crippen LogP contribution in [0, 0.1) is 6.92 Å². The predicted octanol–water partition coefficient (Wildman–Crippen LogP) is 5.64. The van der Waals surface area contributed by atoms with E-state index in [4.69, 9.17) is 4.42 Å². The Kier molecular flexibility index (Phi) is 5.11. The van der Waals surface area contributed by atoms with Crippen molar-refractivity contribution >= 4 is 34.2 Å². The Labute approximate surface area is 174 Å². The lowest BCUT2D eigenvalue weighted by atomic mass is 10.1. The number of carbonyl (C=O) groups excluding carboxylic acids is 2. The van der Waals surface area contributed by atoms with Crippen LogP contribution in [0.2, 0.25) is 0 Å². The molecule has 1 N–H and O–H groups in total. The van der Waals surface area contributed by atoms with Crippen LogP contribution in [-0.4, -0.2) is 18.9 Å². The van der Waals surface area contributed by atoms with Crippen LogP contribution in [0.25, 0.3) is 22.1 Å². The number of nitrogens with zero attached hydrogens (tertiary/aromatic N) is 1. The minimum Gasteiger partial charge on any atom is -0.451 e. The highest BCUT2D eigenvalue weighted by Crippen LogP contribution is 2.34. The maximum absolute atomic E-state index is 12.9. The molecule has 5 heteroatoms. The molecule has 0 aliphatic carbocycles. The van der Waals surface area contributed by atoms with Crippen molar-refractivity contribution in [3.63, 3.8) is 0 Å². The number of fused-ring (bicyclic) bond motifs is 1. The maximum atomic E-state index is 12.9. The van der Waals surface area contributed by atoms with E-state index in [-0.39, 0.29) is 17.6 Å². The second kappa shape index (κ2) is 7.87. The fourth-order valence-electron chi connectivity index (χ4n) is 3.51. The van der Waals surface area contributed by atoms with E-state index < -0.39 is 0 Å². The van der Waals surface area contributed by atoms with Crippen LogP contribution in [0.15, 0.2) is 77.2 Å². The second-order valence-electron chi connectivity index (χ2n) is 7.18. The molecule has 4 rings (SSSR count). The van der Waals surface area contributed by atoms with Gasteiger partial charge < -0.3 is 14.6 Å². The zero-order chi connectivity index (χ0) is 21.3. The van der Waals surface area contributed by atoms with E-state index in [9.17, 15) is 9.59 Å². The number of rotatable bonds is 4. The van der Waals surface area contributed by atoms with Crippen LogP contribution in [0.4, 0.5) is 11.4 Å². The Morgan fingerprint density at radius 2 is 1.53 bits per heavy atom. The molecule has 0 atom stereocenters. The van der Waals surface area contributed by atoms with Crippen LogP contribution in [0.5, 0.6) is 0 Å². The normalized spacial score (nSPS) is 10.8. The minimum absolute atomic E-state index is 0.0902. The molecule has 0 unspecified atom stereocenters. The van der Waals surface area contributed by atoms with Crippen LogP contribution < -0.4 is 10.2 Å². The van der Waals surface area contributed by atoms with Gasteiger partial charge in [-0.3, -0.25) is 9.59 Å². The molecule has 4 aromatic rings. The molecule has 5 nitrogen and oxygen atoms in total. The van der Waals surface area contributed by atoms with Gasteiger partial charge in [-0.15, -0.1) is 0 Å². The van der Waals surface area contributed by atoms with E-state index in [1.54, 1.807) is 18.0 Å². The van der Waals surface area contributed by atoms with Gasteiger partial charge in [0.25, 0.3) is 5.91 Å². The molecule has 0 saturated carbocycles. The van der Waals surface area contributed by atoms with Gasteiger partial charge in [0.15, 0.2) is 5.76 Å². The third kappa shape index (κ3) is 3.57. The van der Waals surface area contributed by atoms with Gasteiger partial charge in [-0.1, -0.05) is 48.5 Å². The highest BCUT2D eigenvalue weighted by atomic mass is 16.3. The number of hydrogen-bond acceptors (Lipinski definition) is 3. The largest absolute Gasteiger partial charge is 0.451 e. The monoisotopic (exact) mass is 398 g/mol. The zero-order valence-electron chi connectivity index (χ0n) is 17.1. The molecule has 0 saturated heterocycles. The predicted molar refractivity (Wildman–Crippen MR) is 120 cm³/mol. The van der Waals surface area contributed by atoms with E-state index in [0.717, 1.165) is 16.5 Å². The molecule has 0 bridgehead atoms. The van der Waals surface area contributed by atoms with Gasteiger partial charge in [-0.25, -0.2) is 0 Å². The lowest BCUT2D eigenvalue weighted by Crippen LogP contribution is -2.23. The summed E-state index contributed by atoms with van der Waals surface area (Å²) in [6.45, 7) is 3.33. The van der Waals surface area contributed by atoms with E-state index in [1.807, 2.05) is 73.7 Å². The van der Waals surface area contributed by atoms with Gasteiger partial charge in [-0.2, -0.15) is 0 Å². The van der Waals surface area contributed by atoms with Crippen molar-refractivity contribution in [3.8, 4) is 11.1 Å². The topological polar surface area (TPSA) is 62.6 Å². The summed E-state index contributed by atoms with van der Waals surface area (Å²) in [6.07, 6.45) is 0. The summed E-state index contributed by atoms with van der Waals surface area (Å²) in [7, 11) is 1.71. The number of anilines is 2. The van der Waals surface area contributed by atoms with Crippen molar-refractivity contribution in [2.24, 2.45) is 0 Å². The fourth-order valence-corrected chi connectivity index (χ4v) is 3.51. The smallest absolute Gasteiger partial charge is 0.291 e. The molecule has 0 fully saturated rings. The fraction of sp³-hybridized carbons (Fsp3) is 0.120. The first kappa shape index (κ1) is 19.5. The third-order valence-electron chi connectivity index (χ3n) is 5.22. The second-order valence-corrected chi connectivity index (χ2v) is 7.18. The molecular formula is C25H22N2O3. The zero-order valence-corrected chi connectivity index (χ0v) is 17.1. The van der Waals surface area contributed by atoms with Crippen molar-refractivity contribution in [3.05, 3.63) is 84.1 Å². The van der Waals surface area contributed by atoms with Gasteiger partial charge in [0.1, 0.15) is 5.58 Å². The summed E-state index contributed by atoms with van der Waals surface area (Å²) in [5, 5.41) is 3.66. The molecule has 2 amide bonds. The first-order valence-corrected chi connectivity index (χ1v) is 9.69. The standard InChI is InChI=1S/C25H22N2O3/c1-16-23-21(27(3)17(2)28)10-7-11-22(23)30-24(16)25(29)26-20-14-12-19(13-15-20)18-8-5-4-6-9-18/h4-15H,1-3H3,(H,26,29). The molecule has 0 spiro atoms. The SMILES string of the molecule is CC(=O)N(C)c1cccc2oc(C(=O)Nc3ccc(-c4ccccc4)cc3)c(C)c12. The molecule has 0 aliphatic heterocycles. The summed E-state index contributed by atoms with van der Waals surface area (Å²) in [4.78, 5) is 26.3. The Hall–Kier alpha value is -3.86. The van der Waals surface area contributed by atoms with E-state index >= 15 is 0 Å². The van der Waals surface area contributed by atoms with Crippen LogP contribution >= 0.6 is 0 Å². The number of carbonyl (C=O) groups is 2. The van der Waals surface area contributed by atoms with Crippen molar-refractivity contribution in [2.75, 3.05) is 17.3 Å². The quantitative estimate of drug-likeness (QED) is 0.484. The number of benzene rings is 3. The summed E-state index contributed by atoms with van der Waals surface area (Å²) >= 11 is 0. The van der Waals surface area contributed by atoms with E-state index in [1.165, 1.54) is 6.92 Å². The number of aryl methyl sites for hydroxylation is 1. The number of nitrogens with one attached hydrogen (secondary N) is 1. The molecule has 1 heterocycles. The minimum atomic E-state index is -0.326. The number of furan rings is 1. The van der Waals surface area contributed by atoms with Gasteiger partial charge >= 0.3 is 0 Å². The Morgan fingerprint density at radius 3 is 2.20 bits per heavy atom. The van der Waals surface area contributed by atoms with Crippen molar-refractivity contribution in [1.82, 2.24) is 0 Å². The third-order valence-corrected chi connectivity index (χ3v) is 5.22. The van der Waals surface area contributed by atoms with Crippen molar-refractivity contribution in [1.29, 1.82) is 0 Å². The first-order valence-electron chi connectivity index (χ1n) is 9.69. The van der Waals surface area contributed by atoms with Crippen LogP contribution in [0.1, 0.15) is 23.0 Å². The number of amides is 2.